The van der Waals surface area contributed by atoms with Crippen LogP contribution in [0.15, 0.2) is 54.2 Å². The molecule has 1 atom stereocenters. The van der Waals surface area contributed by atoms with Gasteiger partial charge in [-0.1, -0.05) is 18.3 Å². The Balaban J connectivity index is 1.40. The van der Waals surface area contributed by atoms with Crippen LogP contribution >= 0.6 is 11.3 Å². The van der Waals surface area contributed by atoms with E-state index in [1.54, 1.807) is 22.2 Å². The molecule has 1 aromatic carbocycles. The minimum absolute atomic E-state index is 0.0402. The average Bonchev–Trinajstić information content (AvgIpc) is 3.45. The fraction of sp³-hybridized carbons (Fsp3) is 0.304. The number of aromatic nitrogens is 2. The van der Waals surface area contributed by atoms with E-state index in [1.165, 1.54) is 4.88 Å². The van der Waals surface area contributed by atoms with Crippen molar-refractivity contribution in [3.05, 3.63) is 64.6 Å². The molecular formula is C23H24N4O2S. The van der Waals surface area contributed by atoms with Crippen molar-refractivity contribution < 1.29 is 9.90 Å². The summed E-state index contributed by atoms with van der Waals surface area (Å²) in [5, 5.41) is 18.1. The van der Waals surface area contributed by atoms with Gasteiger partial charge in [0.1, 0.15) is 6.61 Å². The molecule has 4 rings (SSSR count). The molecule has 154 valence electrons. The van der Waals surface area contributed by atoms with Crippen molar-refractivity contribution in [1.82, 2.24) is 14.7 Å². The number of nitrogens with one attached hydrogen (secondary N) is 1. The molecule has 1 amide bonds. The number of carbonyl (C=O) groups excluding carboxylic acids is 1. The Hall–Kier alpha value is -2.92. The van der Waals surface area contributed by atoms with Crippen LogP contribution in [0.25, 0.3) is 5.69 Å². The van der Waals surface area contributed by atoms with Crippen LogP contribution in [0.3, 0.4) is 0 Å². The minimum Gasteiger partial charge on any atom is -0.384 e. The van der Waals surface area contributed by atoms with Gasteiger partial charge in [-0.3, -0.25) is 9.69 Å². The first-order valence-electron chi connectivity index (χ1n) is 10.0. The third kappa shape index (κ3) is 4.97. The van der Waals surface area contributed by atoms with E-state index in [-0.39, 0.29) is 18.6 Å². The number of carbonyl (C=O) groups is 1. The predicted octanol–water partition coefficient (Wildman–Crippen LogP) is 3.27. The second-order valence-corrected chi connectivity index (χ2v) is 8.23. The Bertz CT molecular complexity index is 1030. The molecule has 30 heavy (non-hydrogen) atoms. The van der Waals surface area contributed by atoms with Crippen LogP contribution in [0, 0.1) is 11.8 Å². The fourth-order valence-corrected chi connectivity index (χ4v) is 4.53. The van der Waals surface area contributed by atoms with E-state index >= 15 is 0 Å². The Morgan fingerprint density at radius 1 is 1.30 bits per heavy atom. The van der Waals surface area contributed by atoms with Crippen LogP contribution < -0.4 is 5.32 Å². The summed E-state index contributed by atoms with van der Waals surface area (Å²) in [7, 11) is 0. The normalized spacial score (nSPS) is 16.6. The molecule has 1 aliphatic rings. The summed E-state index contributed by atoms with van der Waals surface area (Å²) < 4.78 is 1.79. The van der Waals surface area contributed by atoms with Crippen molar-refractivity contribution in [2.24, 2.45) is 0 Å². The van der Waals surface area contributed by atoms with Gasteiger partial charge in [-0.2, -0.15) is 5.10 Å². The largest absolute Gasteiger partial charge is 0.384 e. The van der Waals surface area contributed by atoms with E-state index < -0.39 is 0 Å². The molecule has 1 fully saturated rings. The molecule has 0 aliphatic carbocycles. The highest BCUT2D eigenvalue weighted by atomic mass is 32.1. The highest BCUT2D eigenvalue weighted by Crippen LogP contribution is 2.24. The SMILES string of the molecule is O=C(Nc1ccc(-n2cccn2)cc1)C1CCCCN1Cc1cc(C#CCO)cs1. The van der Waals surface area contributed by atoms with Crippen molar-refractivity contribution in [1.29, 1.82) is 0 Å². The molecule has 7 heteroatoms. The van der Waals surface area contributed by atoms with Crippen LogP contribution in [0.1, 0.15) is 29.7 Å². The van der Waals surface area contributed by atoms with Crippen LogP contribution in [0.2, 0.25) is 0 Å². The van der Waals surface area contributed by atoms with E-state index in [0.29, 0.717) is 0 Å². The quantitative estimate of drug-likeness (QED) is 0.622. The highest BCUT2D eigenvalue weighted by Gasteiger charge is 2.29. The van der Waals surface area contributed by atoms with Crippen molar-refractivity contribution in [2.75, 3.05) is 18.5 Å². The van der Waals surface area contributed by atoms with E-state index in [0.717, 1.165) is 49.3 Å². The number of nitrogens with zero attached hydrogens (tertiary/aromatic N) is 3. The average molecular weight is 421 g/mol. The number of thiophene rings is 1. The maximum atomic E-state index is 13.0. The van der Waals surface area contributed by atoms with E-state index in [2.05, 4.69) is 27.2 Å². The molecule has 0 spiro atoms. The molecule has 3 heterocycles. The van der Waals surface area contributed by atoms with E-state index in [9.17, 15) is 4.79 Å². The fourth-order valence-electron chi connectivity index (χ4n) is 3.69. The number of anilines is 1. The van der Waals surface area contributed by atoms with Crippen LogP contribution in [-0.2, 0) is 11.3 Å². The van der Waals surface area contributed by atoms with Gasteiger partial charge in [0, 0.05) is 40.4 Å². The van der Waals surface area contributed by atoms with Crippen LogP contribution in [0.4, 0.5) is 5.69 Å². The predicted molar refractivity (Wildman–Crippen MR) is 119 cm³/mol. The minimum atomic E-state index is -0.140. The van der Waals surface area contributed by atoms with Gasteiger partial charge < -0.3 is 10.4 Å². The van der Waals surface area contributed by atoms with Crippen molar-refractivity contribution in [2.45, 2.75) is 31.8 Å². The topological polar surface area (TPSA) is 70.4 Å². The lowest BCUT2D eigenvalue weighted by molar-refractivity contribution is -0.122. The van der Waals surface area contributed by atoms with Crippen molar-refractivity contribution in [3.63, 3.8) is 0 Å². The summed E-state index contributed by atoms with van der Waals surface area (Å²) in [6.07, 6.45) is 6.65. The standard InChI is InChI=1S/C23H24N4O2S/c28-14-3-5-18-15-21(30-17-18)16-26-12-2-1-6-22(26)23(29)25-19-7-9-20(10-8-19)27-13-4-11-24-27/h4,7-11,13,15,17,22,28H,1-2,6,12,14,16H2,(H,25,29). The lowest BCUT2D eigenvalue weighted by Gasteiger charge is -2.34. The summed E-state index contributed by atoms with van der Waals surface area (Å²) in [6.45, 7) is 1.51. The Labute approximate surface area is 180 Å². The van der Waals surface area contributed by atoms with Gasteiger partial charge in [0.25, 0.3) is 0 Å². The summed E-state index contributed by atoms with van der Waals surface area (Å²) in [4.78, 5) is 16.4. The molecular weight excluding hydrogens is 396 g/mol. The summed E-state index contributed by atoms with van der Waals surface area (Å²) in [5.41, 5.74) is 2.66. The Morgan fingerprint density at radius 3 is 2.93 bits per heavy atom. The maximum Gasteiger partial charge on any atom is 0.241 e. The van der Waals surface area contributed by atoms with E-state index in [4.69, 9.17) is 5.11 Å². The third-order valence-corrected chi connectivity index (χ3v) is 6.07. The van der Waals surface area contributed by atoms with Gasteiger partial charge in [0.2, 0.25) is 5.91 Å². The number of aliphatic hydroxyl groups is 1. The number of aliphatic hydroxyl groups excluding tert-OH is 1. The Morgan fingerprint density at radius 2 is 2.17 bits per heavy atom. The number of benzene rings is 1. The lowest BCUT2D eigenvalue weighted by Crippen LogP contribution is -2.46. The first kappa shape index (κ1) is 20.4. The summed E-state index contributed by atoms with van der Waals surface area (Å²) >= 11 is 1.65. The van der Waals surface area contributed by atoms with E-state index in [1.807, 2.05) is 48.0 Å². The molecule has 1 aliphatic heterocycles. The van der Waals surface area contributed by atoms with Gasteiger partial charge in [0.15, 0.2) is 0 Å². The molecule has 2 aromatic heterocycles. The molecule has 0 radical (unpaired) electrons. The molecule has 0 saturated carbocycles. The molecule has 6 nitrogen and oxygen atoms in total. The van der Waals surface area contributed by atoms with Crippen molar-refractivity contribution >= 4 is 22.9 Å². The van der Waals surface area contributed by atoms with Crippen molar-refractivity contribution in [3.8, 4) is 17.5 Å². The second kappa shape index (κ2) is 9.72. The molecule has 2 N–H and O–H groups in total. The smallest absolute Gasteiger partial charge is 0.241 e. The van der Waals surface area contributed by atoms with Gasteiger partial charge in [-0.25, -0.2) is 4.68 Å². The summed E-state index contributed by atoms with van der Waals surface area (Å²) in [6, 6.07) is 11.5. The summed E-state index contributed by atoms with van der Waals surface area (Å²) in [5.74, 6) is 5.66. The first-order valence-corrected chi connectivity index (χ1v) is 10.9. The highest BCUT2D eigenvalue weighted by molar-refractivity contribution is 7.10. The number of likely N-dealkylation sites (tertiary alicyclic amines) is 1. The number of amides is 1. The molecule has 1 saturated heterocycles. The van der Waals surface area contributed by atoms with Gasteiger partial charge >= 0.3 is 0 Å². The zero-order valence-corrected chi connectivity index (χ0v) is 17.4. The lowest BCUT2D eigenvalue weighted by atomic mass is 10.0. The van der Waals surface area contributed by atoms with Crippen LogP contribution in [-0.4, -0.2) is 44.9 Å². The number of hydrogen-bond acceptors (Lipinski definition) is 5. The molecule has 3 aromatic rings. The number of hydrogen-bond donors (Lipinski definition) is 2. The Kier molecular flexibility index (Phi) is 6.60. The van der Waals surface area contributed by atoms with Gasteiger partial charge in [-0.05, 0) is 55.8 Å². The molecule has 0 bridgehead atoms. The maximum absolute atomic E-state index is 13.0. The zero-order valence-electron chi connectivity index (χ0n) is 16.6. The third-order valence-electron chi connectivity index (χ3n) is 5.14. The van der Waals surface area contributed by atoms with Gasteiger partial charge in [0.05, 0.1) is 11.7 Å². The molecule has 1 unspecified atom stereocenters. The van der Waals surface area contributed by atoms with Gasteiger partial charge in [-0.15, -0.1) is 11.3 Å². The van der Waals surface area contributed by atoms with Crippen LogP contribution in [0.5, 0.6) is 0 Å². The number of rotatable bonds is 5. The number of piperidine rings is 1. The first-order chi connectivity index (χ1) is 14.7. The monoisotopic (exact) mass is 420 g/mol. The second-order valence-electron chi connectivity index (χ2n) is 7.23. The zero-order chi connectivity index (χ0) is 20.8.